The van der Waals surface area contributed by atoms with Gasteiger partial charge in [0.1, 0.15) is 5.58 Å². The van der Waals surface area contributed by atoms with Crippen molar-refractivity contribution in [3.63, 3.8) is 0 Å². The maximum atomic E-state index is 11.5. The molecule has 1 atom stereocenters. The minimum atomic E-state index is -2.26. The molecular weight excluding hydrogens is 186 g/mol. The normalized spacial score (nSPS) is 15.8. The molecule has 0 fully saturated rings. The first kappa shape index (κ1) is 8.31. The van der Waals surface area contributed by atoms with Gasteiger partial charge in [-0.1, -0.05) is 0 Å². The maximum absolute atomic E-state index is 11.5. The van der Waals surface area contributed by atoms with Gasteiger partial charge in [-0.15, -0.1) is 0 Å². The monoisotopic (exact) mass is 195 g/mol. The van der Waals surface area contributed by atoms with Crippen LogP contribution in [-0.2, 0) is 9.52 Å². The van der Waals surface area contributed by atoms with E-state index in [9.17, 15) is 4.21 Å². The number of fused-ring (bicyclic) bond motifs is 1. The molecule has 13 heavy (non-hydrogen) atoms. The Labute approximate surface area is 76.4 Å². The van der Waals surface area contributed by atoms with Gasteiger partial charge in [0.2, 0.25) is 0 Å². The molecule has 4 heteroatoms. The lowest BCUT2D eigenvalue weighted by atomic mass is 10.3. The van der Waals surface area contributed by atoms with Crippen molar-refractivity contribution in [1.82, 2.24) is 4.98 Å². The van der Waals surface area contributed by atoms with Gasteiger partial charge >= 0.3 is 0 Å². The first-order valence-electron chi connectivity index (χ1n) is 3.73. The third kappa shape index (κ3) is 1.45. The third-order valence-electron chi connectivity index (χ3n) is 1.72. The van der Waals surface area contributed by atoms with Crippen molar-refractivity contribution in [2.75, 3.05) is 6.26 Å². The summed E-state index contributed by atoms with van der Waals surface area (Å²) in [6.45, 7) is 0. The summed E-state index contributed by atoms with van der Waals surface area (Å²) >= 11 is 0. The average molecular weight is 195 g/mol. The van der Waals surface area contributed by atoms with Crippen LogP contribution in [0.25, 0.3) is 11.0 Å². The minimum Gasteiger partial charge on any atom is -0.448 e. The summed E-state index contributed by atoms with van der Waals surface area (Å²) in [5.41, 5.74) is 0.697. The lowest BCUT2D eigenvalue weighted by molar-refractivity contribution is 0.503. The molecule has 0 N–H and O–H groups in total. The van der Waals surface area contributed by atoms with E-state index < -0.39 is 9.52 Å². The van der Waals surface area contributed by atoms with Gasteiger partial charge in [0.15, 0.2) is 5.09 Å². The highest BCUT2D eigenvalue weighted by atomic mass is 32.2. The van der Waals surface area contributed by atoms with E-state index >= 15 is 0 Å². The molecule has 0 aliphatic carbocycles. The SMILES string of the molecule is C=S(C)(=O)c1cc2cnccc2o1. The maximum Gasteiger partial charge on any atom is 0.183 e. The summed E-state index contributed by atoms with van der Waals surface area (Å²) in [5.74, 6) is 3.55. The highest BCUT2D eigenvalue weighted by Crippen LogP contribution is 2.20. The molecule has 2 rings (SSSR count). The van der Waals surface area contributed by atoms with Gasteiger partial charge in [-0.2, -0.15) is 0 Å². The summed E-state index contributed by atoms with van der Waals surface area (Å²) in [6.07, 6.45) is 4.86. The van der Waals surface area contributed by atoms with Gasteiger partial charge in [0, 0.05) is 39.6 Å². The van der Waals surface area contributed by atoms with Crippen LogP contribution in [0, 0.1) is 0 Å². The summed E-state index contributed by atoms with van der Waals surface area (Å²) < 4.78 is 16.9. The molecule has 0 radical (unpaired) electrons. The molecule has 0 aromatic carbocycles. The number of rotatable bonds is 1. The Bertz CT molecular complexity index is 506. The number of nitrogens with zero attached hydrogens (tertiary/aromatic N) is 1. The molecule has 3 nitrogen and oxygen atoms in total. The fourth-order valence-corrected chi connectivity index (χ4v) is 1.72. The molecule has 0 saturated carbocycles. The van der Waals surface area contributed by atoms with Gasteiger partial charge in [0.05, 0.1) is 0 Å². The second-order valence-corrected chi connectivity index (χ2v) is 5.40. The molecule has 0 aliphatic rings. The Morgan fingerprint density at radius 3 is 3.00 bits per heavy atom. The van der Waals surface area contributed by atoms with E-state index in [0.717, 1.165) is 5.39 Å². The number of pyridine rings is 1. The van der Waals surface area contributed by atoms with Crippen LogP contribution in [0.4, 0.5) is 0 Å². The van der Waals surface area contributed by atoms with Gasteiger partial charge in [-0.3, -0.25) is 9.19 Å². The lowest BCUT2D eigenvalue weighted by Gasteiger charge is -1.93. The van der Waals surface area contributed by atoms with Crippen LogP contribution in [0.15, 0.2) is 34.0 Å². The molecule has 1 unspecified atom stereocenters. The van der Waals surface area contributed by atoms with Crippen LogP contribution in [0.2, 0.25) is 0 Å². The summed E-state index contributed by atoms with van der Waals surface area (Å²) in [4.78, 5) is 3.94. The third-order valence-corrected chi connectivity index (χ3v) is 2.77. The van der Waals surface area contributed by atoms with Gasteiger partial charge < -0.3 is 4.42 Å². The topological polar surface area (TPSA) is 43.1 Å². The van der Waals surface area contributed by atoms with E-state index in [4.69, 9.17) is 4.42 Å². The molecule has 0 saturated heterocycles. The molecule has 68 valence electrons. The first-order chi connectivity index (χ1) is 6.07. The number of hydrogen-bond donors (Lipinski definition) is 0. The van der Waals surface area contributed by atoms with E-state index in [1.165, 1.54) is 0 Å². The van der Waals surface area contributed by atoms with Crippen molar-refractivity contribution >= 4 is 26.4 Å². The van der Waals surface area contributed by atoms with Gasteiger partial charge in [-0.05, 0) is 11.9 Å². The Kier molecular flexibility index (Phi) is 1.66. The lowest BCUT2D eigenvalue weighted by Crippen LogP contribution is -1.92. The van der Waals surface area contributed by atoms with E-state index in [1.54, 1.807) is 30.8 Å². The first-order valence-corrected chi connectivity index (χ1v) is 5.87. The van der Waals surface area contributed by atoms with Crippen molar-refractivity contribution in [2.24, 2.45) is 0 Å². The minimum absolute atomic E-state index is 0.426. The van der Waals surface area contributed by atoms with Gasteiger partial charge in [-0.25, -0.2) is 0 Å². The van der Waals surface area contributed by atoms with Crippen molar-refractivity contribution in [3.05, 3.63) is 24.5 Å². The largest absolute Gasteiger partial charge is 0.448 e. The molecule has 0 spiro atoms. The molecule has 0 amide bonds. The molecule has 2 heterocycles. The highest BCUT2D eigenvalue weighted by Gasteiger charge is 2.08. The number of furan rings is 1. The second-order valence-electron chi connectivity index (χ2n) is 2.98. The Morgan fingerprint density at radius 1 is 1.62 bits per heavy atom. The fraction of sp³-hybridized carbons (Fsp3) is 0.111. The smallest absolute Gasteiger partial charge is 0.183 e. The molecule has 0 aliphatic heterocycles. The Morgan fingerprint density at radius 2 is 2.38 bits per heavy atom. The Balaban J connectivity index is 2.77. The van der Waals surface area contributed by atoms with Crippen LogP contribution in [-0.4, -0.2) is 21.3 Å². The van der Waals surface area contributed by atoms with E-state index in [0.29, 0.717) is 10.7 Å². The zero-order chi connectivity index (χ0) is 9.47. The van der Waals surface area contributed by atoms with E-state index in [2.05, 4.69) is 10.9 Å². The fourth-order valence-electron chi connectivity index (χ4n) is 1.07. The summed E-state index contributed by atoms with van der Waals surface area (Å²) in [6, 6.07) is 3.46. The molecule has 2 aromatic heterocycles. The van der Waals surface area contributed by atoms with Crippen LogP contribution in [0.5, 0.6) is 0 Å². The van der Waals surface area contributed by atoms with Crippen molar-refractivity contribution < 1.29 is 8.63 Å². The van der Waals surface area contributed by atoms with E-state index in [1.807, 2.05) is 0 Å². The van der Waals surface area contributed by atoms with E-state index in [-0.39, 0.29) is 0 Å². The summed E-state index contributed by atoms with van der Waals surface area (Å²) in [5, 5.41) is 1.28. The predicted molar refractivity (Wildman–Crippen MR) is 53.5 cm³/mol. The van der Waals surface area contributed by atoms with Gasteiger partial charge in [0.25, 0.3) is 0 Å². The summed E-state index contributed by atoms with van der Waals surface area (Å²) in [7, 11) is -2.26. The molecular formula is C9H9NO2S. The van der Waals surface area contributed by atoms with Crippen LogP contribution >= 0.6 is 0 Å². The van der Waals surface area contributed by atoms with Crippen LogP contribution in [0.1, 0.15) is 0 Å². The van der Waals surface area contributed by atoms with Crippen LogP contribution in [0.3, 0.4) is 0 Å². The number of aromatic nitrogens is 1. The Hall–Kier alpha value is -1.29. The second kappa shape index (κ2) is 2.60. The highest BCUT2D eigenvalue weighted by molar-refractivity contribution is 7.99. The average Bonchev–Trinajstić information content (AvgIpc) is 2.45. The zero-order valence-electron chi connectivity index (χ0n) is 7.19. The quantitative estimate of drug-likeness (QED) is 0.648. The van der Waals surface area contributed by atoms with Crippen molar-refractivity contribution in [2.45, 2.75) is 5.09 Å². The van der Waals surface area contributed by atoms with Crippen LogP contribution < -0.4 is 0 Å². The van der Waals surface area contributed by atoms with Crippen molar-refractivity contribution in [1.29, 1.82) is 0 Å². The zero-order valence-corrected chi connectivity index (χ0v) is 8.00. The number of hydrogen-bond acceptors (Lipinski definition) is 3. The predicted octanol–water partition coefficient (Wildman–Crippen LogP) is 1.53. The standard InChI is InChI=1S/C9H9NO2S/c1-13(2,11)9-5-7-6-10-4-3-8(7)12-9/h3-6H,1H2,2H3. The molecule has 0 bridgehead atoms. The van der Waals surface area contributed by atoms with Crippen molar-refractivity contribution in [3.8, 4) is 0 Å². The molecule has 2 aromatic rings.